The first-order valence-corrected chi connectivity index (χ1v) is 16.4. The number of hydrogen-bond acceptors (Lipinski definition) is 5. The number of amides is 1. The summed E-state index contributed by atoms with van der Waals surface area (Å²) in [6.45, 7) is 17.8. The van der Waals surface area contributed by atoms with Gasteiger partial charge in [0.15, 0.2) is 0 Å². The van der Waals surface area contributed by atoms with E-state index in [1.54, 1.807) is 0 Å². The Kier molecular flexibility index (Phi) is 13.8. The number of carboxylic acids is 1. The topological polar surface area (TPSA) is 127 Å². The number of quaternary nitrogens is 1. The molecule has 0 aliphatic carbocycles. The molecule has 0 saturated carbocycles. The number of nitrogens with zero attached hydrogens (tertiary/aromatic N) is 3. The van der Waals surface area contributed by atoms with Crippen LogP contribution in [0.4, 0.5) is 0 Å². The Morgan fingerprint density at radius 2 is 1.56 bits per heavy atom. The molecule has 0 atom stereocenters. The van der Waals surface area contributed by atoms with E-state index in [0.717, 1.165) is 94.7 Å². The maximum atomic E-state index is 13.1. The van der Waals surface area contributed by atoms with Crippen LogP contribution in [0.15, 0.2) is 43.5 Å². The summed E-state index contributed by atoms with van der Waals surface area (Å²) < 4.78 is 0.763. The SMILES string of the molecule is C=CC1=C(C)c2cc3[nH]c(cc4nc(cc5cc(C)c([nH]5)c(CCC(=O)NCC[N+](C)(C)C)c1n2)C(CCC(=O)[O-])=C4C)c(C)c3C=C.[I-].[Na+]. The van der Waals surface area contributed by atoms with Gasteiger partial charge in [-0.2, -0.15) is 0 Å². The molecule has 0 spiro atoms. The predicted molar refractivity (Wildman–Crippen MR) is 194 cm³/mol. The Labute approximate surface area is 334 Å². The van der Waals surface area contributed by atoms with Gasteiger partial charge in [0.2, 0.25) is 5.91 Å². The Balaban J connectivity index is 0.00000338. The van der Waals surface area contributed by atoms with Crippen molar-refractivity contribution in [3.63, 3.8) is 0 Å². The first kappa shape index (κ1) is 41.1. The number of aliphatic carboxylic acids is 1. The monoisotopic (exact) mass is 796 g/mol. The fourth-order valence-corrected chi connectivity index (χ4v) is 6.42. The van der Waals surface area contributed by atoms with E-state index in [1.165, 1.54) is 0 Å². The molecule has 5 heterocycles. The van der Waals surface area contributed by atoms with Gasteiger partial charge in [-0.15, -0.1) is 0 Å². The molecular formula is C39H46IN6NaO3. The summed E-state index contributed by atoms with van der Waals surface area (Å²) in [6.07, 6.45) is 4.63. The second kappa shape index (κ2) is 16.8. The summed E-state index contributed by atoms with van der Waals surface area (Å²) >= 11 is 0. The van der Waals surface area contributed by atoms with Crippen LogP contribution in [0.25, 0.3) is 50.4 Å². The average molecular weight is 797 g/mol. The molecule has 1 amide bonds. The molecule has 11 heteroatoms. The molecule has 0 radical (unpaired) electrons. The van der Waals surface area contributed by atoms with Gasteiger partial charge in [0.25, 0.3) is 0 Å². The Hall–Kier alpha value is -3.29. The third-order valence-electron chi connectivity index (χ3n) is 9.20. The van der Waals surface area contributed by atoms with Crippen LogP contribution in [0.1, 0.15) is 78.1 Å². The zero-order chi connectivity index (χ0) is 34.9. The number of rotatable bonds is 11. The summed E-state index contributed by atoms with van der Waals surface area (Å²) in [7, 11) is 6.30. The zero-order valence-corrected chi connectivity index (χ0v) is 34.7. The standard InChI is InChI=1S/C39H46N6O3.HI.Na/c1-10-27-23(4)31-20-32-25(6)29(13-15-37(47)48)34(42-32)19-26-18-22(3)38(41-26)30(12-14-36(46)40-16-17-45(7,8)9)39-28(11-2)24(5)33(44-39)21-35(27)43-31;;/h10-11,18-21H,1-2,12-17H2,3-9H3,(H3-,40,41,42,43,44,46,47,48);1H;/q;;+1/p-1. The van der Waals surface area contributed by atoms with Crippen LogP contribution >= 0.6 is 0 Å². The Bertz CT molecular complexity index is 2080. The minimum absolute atomic E-state index is 0. The number of aryl methyl sites for hydroxylation is 3. The summed E-state index contributed by atoms with van der Waals surface area (Å²) in [4.78, 5) is 41.9. The van der Waals surface area contributed by atoms with Crippen molar-refractivity contribution in [1.29, 1.82) is 0 Å². The number of carbonyl (C=O) groups excluding carboxylic acids is 2. The molecular weight excluding hydrogens is 750 g/mol. The molecule has 3 aromatic rings. The molecule has 0 saturated heterocycles. The van der Waals surface area contributed by atoms with Crippen LogP contribution in [0.2, 0.25) is 0 Å². The molecule has 3 N–H and O–H groups in total. The molecule has 50 heavy (non-hydrogen) atoms. The van der Waals surface area contributed by atoms with Crippen molar-refractivity contribution < 1.29 is 72.7 Å². The van der Waals surface area contributed by atoms with E-state index in [2.05, 4.69) is 55.7 Å². The summed E-state index contributed by atoms with van der Waals surface area (Å²) in [5.74, 6) is -1.12. The van der Waals surface area contributed by atoms with Crippen molar-refractivity contribution in [1.82, 2.24) is 25.3 Å². The number of aromatic nitrogens is 4. The first-order chi connectivity index (χ1) is 22.7. The fourth-order valence-electron chi connectivity index (χ4n) is 6.42. The second-order valence-corrected chi connectivity index (χ2v) is 13.7. The maximum absolute atomic E-state index is 13.1. The van der Waals surface area contributed by atoms with Crippen molar-refractivity contribution >= 4 is 62.3 Å². The van der Waals surface area contributed by atoms with E-state index < -0.39 is 5.97 Å². The molecule has 2 aliphatic rings. The fraction of sp³-hybridized carbons (Fsp3) is 0.333. The predicted octanol–water partition coefficient (Wildman–Crippen LogP) is -0.0849. The number of likely N-dealkylation sites (N-methyl/N-ethyl adjacent to an activating group) is 1. The van der Waals surface area contributed by atoms with Crippen LogP contribution in [0, 0.1) is 13.8 Å². The smallest absolute Gasteiger partial charge is 1.00 e. The molecule has 9 nitrogen and oxygen atoms in total. The minimum atomic E-state index is -1.10. The third kappa shape index (κ3) is 8.95. The Morgan fingerprint density at radius 1 is 0.880 bits per heavy atom. The normalized spacial score (nSPS) is 12.7. The number of carboxylic acid groups (broad SMARTS) is 1. The van der Waals surface area contributed by atoms with Crippen molar-refractivity contribution in [2.45, 2.75) is 53.4 Å². The van der Waals surface area contributed by atoms with Crippen molar-refractivity contribution in [2.24, 2.45) is 0 Å². The number of H-pyrrole nitrogens is 2. The number of nitrogens with one attached hydrogen (secondary N) is 3. The van der Waals surface area contributed by atoms with Crippen molar-refractivity contribution in [3.05, 3.63) is 88.5 Å². The van der Waals surface area contributed by atoms with Gasteiger partial charge in [0, 0.05) is 51.2 Å². The maximum Gasteiger partial charge on any atom is 1.00 e. The van der Waals surface area contributed by atoms with Crippen molar-refractivity contribution in [2.75, 3.05) is 34.2 Å². The van der Waals surface area contributed by atoms with Crippen LogP contribution in [0.3, 0.4) is 0 Å². The minimum Gasteiger partial charge on any atom is -1.00 e. The molecule has 3 aromatic heterocycles. The van der Waals surface area contributed by atoms with Crippen LogP contribution in [0.5, 0.6) is 0 Å². The second-order valence-electron chi connectivity index (χ2n) is 13.7. The summed E-state index contributed by atoms with van der Waals surface area (Å²) in [5, 5.41) is 14.6. The molecule has 258 valence electrons. The third-order valence-corrected chi connectivity index (χ3v) is 9.20. The van der Waals surface area contributed by atoms with Crippen LogP contribution in [-0.2, 0) is 16.0 Å². The van der Waals surface area contributed by atoms with Gasteiger partial charge in [0.1, 0.15) is 0 Å². The quantitative estimate of drug-likeness (QED) is 0.142. The van der Waals surface area contributed by atoms with Gasteiger partial charge >= 0.3 is 29.6 Å². The number of halogens is 1. The van der Waals surface area contributed by atoms with Gasteiger partial charge in [-0.3, -0.25) is 4.79 Å². The van der Waals surface area contributed by atoms with Gasteiger partial charge in [0.05, 0.1) is 57.0 Å². The van der Waals surface area contributed by atoms with E-state index >= 15 is 0 Å². The molecule has 2 aliphatic heterocycles. The van der Waals surface area contributed by atoms with Crippen molar-refractivity contribution in [3.8, 4) is 0 Å². The van der Waals surface area contributed by atoms with E-state index in [0.29, 0.717) is 31.5 Å². The number of hydrogen-bond donors (Lipinski definition) is 3. The van der Waals surface area contributed by atoms with Gasteiger partial charge in [-0.25, -0.2) is 9.97 Å². The van der Waals surface area contributed by atoms with Gasteiger partial charge < -0.3 is 53.6 Å². The van der Waals surface area contributed by atoms with Crippen LogP contribution < -0.4 is 64.0 Å². The summed E-state index contributed by atoms with van der Waals surface area (Å²) in [6, 6.07) is 8.07. The van der Waals surface area contributed by atoms with E-state index in [9.17, 15) is 14.7 Å². The Morgan fingerprint density at radius 3 is 2.20 bits per heavy atom. The van der Waals surface area contributed by atoms with Gasteiger partial charge in [-0.05, 0) is 99.1 Å². The molecule has 0 aromatic carbocycles. The average Bonchev–Trinajstić information content (AvgIpc) is 3.70. The number of allylic oxidation sites excluding steroid dienone is 5. The molecule has 8 bridgehead atoms. The zero-order valence-electron chi connectivity index (χ0n) is 30.6. The molecule has 0 unspecified atom stereocenters. The number of aromatic amines is 2. The van der Waals surface area contributed by atoms with E-state index in [-0.39, 0.29) is 65.9 Å². The summed E-state index contributed by atoms with van der Waals surface area (Å²) in [5.41, 5.74) is 14.1. The van der Waals surface area contributed by atoms with E-state index in [1.807, 2.05) is 58.0 Å². The van der Waals surface area contributed by atoms with Gasteiger partial charge in [-0.1, -0.05) is 25.3 Å². The largest absolute Gasteiger partial charge is 1.00 e. The first-order valence-electron chi connectivity index (χ1n) is 16.4. The number of fused-ring (bicyclic) bond motifs is 8. The van der Waals surface area contributed by atoms with Crippen LogP contribution in [-0.4, -0.2) is 70.5 Å². The molecule has 5 rings (SSSR count). The molecule has 0 fully saturated rings. The number of carbonyl (C=O) groups is 2. The van der Waals surface area contributed by atoms with E-state index in [4.69, 9.17) is 9.97 Å².